The van der Waals surface area contributed by atoms with Gasteiger partial charge in [-0.1, -0.05) is 6.07 Å². The lowest BCUT2D eigenvalue weighted by molar-refractivity contribution is -0.137. The number of hydrogen-bond donors (Lipinski definition) is 1. The van der Waals surface area contributed by atoms with Gasteiger partial charge in [-0.3, -0.25) is 14.4 Å². The molecule has 30 heavy (non-hydrogen) atoms. The van der Waals surface area contributed by atoms with Crippen LogP contribution in [0.3, 0.4) is 0 Å². The standard InChI is InChI=1S/C22H13F3N2O3/c23-22(24,25)14-2-4-15(5-3-14)26-16-6-8-17(9-7-16)27-20(29)18-10-1-13(12-28)11-19(18)21(27)30/h1-12,26H. The molecule has 150 valence electrons. The number of benzene rings is 3. The van der Waals surface area contributed by atoms with Crippen LogP contribution in [0, 0.1) is 0 Å². The van der Waals surface area contributed by atoms with Gasteiger partial charge in [0.15, 0.2) is 0 Å². The predicted octanol–water partition coefficient (Wildman–Crippen LogP) is 5.06. The fourth-order valence-electron chi connectivity index (χ4n) is 3.17. The average Bonchev–Trinajstić information content (AvgIpc) is 2.98. The van der Waals surface area contributed by atoms with E-state index in [2.05, 4.69) is 5.32 Å². The lowest BCUT2D eigenvalue weighted by Crippen LogP contribution is -2.29. The van der Waals surface area contributed by atoms with Gasteiger partial charge in [0, 0.05) is 16.9 Å². The molecule has 0 bridgehead atoms. The van der Waals surface area contributed by atoms with Gasteiger partial charge in [-0.05, 0) is 60.7 Å². The first kappa shape index (κ1) is 19.4. The minimum absolute atomic E-state index is 0.163. The molecule has 0 unspecified atom stereocenters. The Labute approximate surface area is 168 Å². The van der Waals surface area contributed by atoms with Crippen LogP contribution in [0.15, 0.2) is 66.7 Å². The summed E-state index contributed by atoms with van der Waals surface area (Å²) in [5.41, 5.74) is 1.30. The van der Waals surface area contributed by atoms with Crippen LogP contribution in [0.4, 0.5) is 30.2 Å². The van der Waals surface area contributed by atoms with Gasteiger partial charge in [-0.25, -0.2) is 4.90 Å². The first-order valence-electron chi connectivity index (χ1n) is 8.80. The van der Waals surface area contributed by atoms with Gasteiger partial charge in [0.1, 0.15) is 6.29 Å². The number of nitrogens with one attached hydrogen (secondary N) is 1. The maximum absolute atomic E-state index is 12.6. The van der Waals surface area contributed by atoms with Crippen molar-refractivity contribution in [1.29, 1.82) is 0 Å². The highest BCUT2D eigenvalue weighted by atomic mass is 19.4. The monoisotopic (exact) mass is 410 g/mol. The van der Waals surface area contributed by atoms with E-state index in [-0.39, 0.29) is 11.1 Å². The molecule has 1 aliphatic rings. The molecule has 0 fully saturated rings. The molecule has 0 radical (unpaired) electrons. The molecule has 1 N–H and O–H groups in total. The van der Waals surface area contributed by atoms with E-state index in [1.165, 1.54) is 30.3 Å². The zero-order chi connectivity index (χ0) is 21.5. The third-order valence-corrected chi connectivity index (χ3v) is 4.67. The zero-order valence-corrected chi connectivity index (χ0v) is 15.2. The summed E-state index contributed by atoms with van der Waals surface area (Å²) < 4.78 is 37.9. The van der Waals surface area contributed by atoms with Crippen molar-refractivity contribution in [3.8, 4) is 0 Å². The lowest BCUT2D eigenvalue weighted by Gasteiger charge is -2.15. The topological polar surface area (TPSA) is 66.5 Å². The van der Waals surface area contributed by atoms with Crippen LogP contribution in [-0.2, 0) is 6.18 Å². The maximum atomic E-state index is 12.6. The second-order valence-corrected chi connectivity index (χ2v) is 6.62. The van der Waals surface area contributed by atoms with E-state index in [4.69, 9.17) is 0 Å². The van der Waals surface area contributed by atoms with Gasteiger partial charge >= 0.3 is 6.18 Å². The number of rotatable bonds is 4. The quantitative estimate of drug-likeness (QED) is 0.482. The molecule has 2 amide bonds. The Bertz CT molecular complexity index is 1150. The van der Waals surface area contributed by atoms with Crippen LogP contribution in [-0.4, -0.2) is 18.1 Å². The van der Waals surface area contributed by atoms with E-state index in [0.29, 0.717) is 28.9 Å². The van der Waals surface area contributed by atoms with Gasteiger partial charge < -0.3 is 5.32 Å². The van der Waals surface area contributed by atoms with Crippen molar-refractivity contribution < 1.29 is 27.6 Å². The second kappa shape index (κ2) is 7.14. The van der Waals surface area contributed by atoms with Crippen molar-refractivity contribution in [1.82, 2.24) is 0 Å². The summed E-state index contributed by atoms with van der Waals surface area (Å²) in [5.74, 6) is -1.02. The Balaban J connectivity index is 1.53. The van der Waals surface area contributed by atoms with Crippen molar-refractivity contribution in [3.63, 3.8) is 0 Å². The summed E-state index contributed by atoms with van der Waals surface area (Å²) in [6.45, 7) is 0. The van der Waals surface area contributed by atoms with Crippen LogP contribution in [0.2, 0.25) is 0 Å². The van der Waals surface area contributed by atoms with E-state index in [1.54, 1.807) is 24.3 Å². The molecule has 0 saturated heterocycles. The normalized spacial score (nSPS) is 13.4. The van der Waals surface area contributed by atoms with Crippen molar-refractivity contribution in [2.75, 3.05) is 10.2 Å². The molecule has 1 heterocycles. The van der Waals surface area contributed by atoms with Crippen LogP contribution >= 0.6 is 0 Å². The summed E-state index contributed by atoms with van der Waals surface area (Å²) in [5, 5.41) is 2.96. The van der Waals surface area contributed by atoms with E-state index in [9.17, 15) is 27.6 Å². The Kier molecular flexibility index (Phi) is 4.62. The number of halogens is 3. The highest BCUT2D eigenvalue weighted by Crippen LogP contribution is 2.32. The van der Waals surface area contributed by atoms with E-state index in [0.717, 1.165) is 17.0 Å². The lowest BCUT2D eigenvalue weighted by atomic mass is 10.1. The molecule has 0 aromatic heterocycles. The van der Waals surface area contributed by atoms with Crippen molar-refractivity contribution in [2.24, 2.45) is 0 Å². The average molecular weight is 410 g/mol. The number of nitrogens with zero attached hydrogens (tertiary/aromatic N) is 1. The molecule has 0 spiro atoms. The minimum atomic E-state index is -4.40. The summed E-state index contributed by atoms with van der Waals surface area (Å²) in [7, 11) is 0. The Morgan fingerprint density at radius 3 is 1.90 bits per heavy atom. The number of anilines is 3. The molecule has 0 saturated carbocycles. The van der Waals surface area contributed by atoms with Crippen molar-refractivity contribution in [3.05, 3.63) is 89.0 Å². The van der Waals surface area contributed by atoms with Gasteiger partial charge in [-0.2, -0.15) is 13.2 Å². The molecule has 0 aliphatic carbocycles. The first-order chi connectivity index (χ1) is 14.3. The first-order valence-corrected chi connectivity index (χ1v) is 8.80. The molecule has 5 nitrogen and oxygen atoms in total. The number of aldehydes is 1. The molecular formula is C22H13F3N2O3. The predicted molar refractivity (Wildman–Crippen MR) is 104 cm³/mol. The Morgan fingerprint density at radius 2 is 1.33 bits per heavy atom. The summed E-state index contributed by atoms with van der Waals surface area (Å²) in [6.07, 6.45) is -3.80. The smallest absolute Gasteiger partial charge is 0.356 e. The summed E-state index contributed by atoms with van der Waals surface area (Å²) in [6, 6.07) is 15.2. The third kappa shape index (κ3) is 3.43. The largest absolute Gasteiger partial charge is 0.416 e. The number of carbonyl (C=O) groups excluding carboxylic acids is 3. The number of amides is 2. The molecule has 3 aromatic carbocycles. The summed E-state index contributed by atoms with van der Waals surface area (Å²) >= 11 is 0. The van der Waals surface area contributed by atoms with E-state index in [1.807, 2.05) is 0 Å². The van der Waals surface area contributed by atoms with Crippen LogP contribution in [0.1, 0.15) is 36.6 Å². The molecule has 0 atom stereocenters. The SMILES string of the molecule is O=Cc1ccc2c(c1)C(=O)N(c1ccc(Nc3ccc(C(F)(F)F)cc3)cc1)C2=O. The second-order valence-electron chi connectivity index (χ2n) is 6.62. The van der Waals surface area contributed by atoms with Gasteiger partial charge in [-0.15, -0.1) is 0 Å². The van der Waals surface area contributed by atoms with Gasteiger partial charge in [0.2, 0.25) is 0 Å². The van der Waals surface area contributed by atoms with E-state index >= 15 is 0 Å². The highest BCUT2D eigenvalue weighted by Gasteiger charge is 2.36. The molecule has 8 heteroatoms. The van der Waals surface area contributed by atoms with Crippen LogP contribution in [0.5, 0.6) is 0 Å². The fraction of sp³-hybridized carbons (Fsp3) is 0.0455. The number of fused-ring (bicyclic) bond motifs is 1. The summed E-state index contributed by atoms with van der Waals surface area (Å²) in [4.78, 5) is 37.2. The van der Waals surface area contributed by atoms with Crippen molar-refractivity contribution in [2.45, 2.75) is 6.18 Å². The number of hydrogen-bond acceptors (Lipinski definition) is 4. The maximum Gasteiger partial charge on any atom is 0.416 e. The minimum Gasteiger partial charge on any atom is -0.356 e. The fourth-order valence-corrected chi connectivity index (χ4v) is 3.17. The Morgan fingerprint density at radius 1 is 0.767 bits per heavy atom. The zero-order valence-electron chi connectivity index (χ0n) is 15.2. The molecule has 3 aromatic rings. The molecular weight excluding hydrogens is 397 g/mol. The van der Waals surface area contributed by atoms with Gasteiger partial charge in [0.25, 0.3) is 11.8 Å². The van der Waals surface area contributed by atoms with Crippen molar-refractivity contribution >= 4 is 35.2 Å². The van der Waals surface area contributed by atoms with Gasteiger partial charge in [0.05, 0.1) is 22.4 Å². The Hall–Kier alpha value is -3.94. The van der Waals surface area contributed by atoms with Crippen LogP contribution < -0.4 is 10.2 Å². The number of carbonyl (C=O) groups is 3. The van der Waals surface area contributed by atoms with E-state index < -0.39 is 23.6 Å². The highest BCUT2D eigenvalue weighted by molar-refractivity contribution is 6.34. The molecule has 1 aliphatic heterocycles. The molecule has 4 rings (SSSR count). The van der Waals surface area contributed by atoms with Crippen LogP contribution in [0.25, 0.3) is 0 Å². The number of imide groups is 1. The number of alkyl halides is 3. The third-order valence-electron chi connectivity index (χ3n) is 4.67.